The number of ether oxygens (including phenoxy) is 2. The molecule has 1 aromatic carbocycles. The second-order valence-electron chi connectivity index (χ2n) is 6.26. The van der Waals surface area contributed by atoms with Crippen LogP contribution in [0.5, 0.6) is 5.75 Å². The highest BCUT2D eigenvalue weighted by Gasteiger charge is 2.34. The van der Waals surface area contributed by atoms with E-state index >= 15 is 0 Å². The predicted octanol–water partition coefficient (Wildman–Crippen LogP) is 3.02. The van der Waals surface area contributed by atoms with Crippen molar-refractivity contribution in [3.63, 3.8) is 0 Å². The van der Waals surface area contributed by atoms with Gasteiger partial charge in [-0.25, -0.2) is 14.4 Å². The van der Waals surface area contributed by atoms with E-state index in [9.17, 15) is 19.5 Å². The van der Waals surface area contributed by atoms with Gasteiger partial charge in [0.05, 0.1) is 22.9 Å². The molecule has 2 rings (SSSR count). The number of nitrogens with zero attached hydrogens (tertiary/aromatic N) is 1. The Morgan fingerprint density at radius 1 is 1.32 bits per heavy atom. The summed E-state index contributed by atoms with van der Waals surface area (Å²) in [6.45, 7) is 4.68. The topological polar surface area (TPSA) is 125 Å². The summed E-state index contributed by atoms with van der Waals surface area (Å²) in [7, 11) is 0. The molecule has 0 saturated heterocycles. The van der Waals surface area contributed by atoms with Crippen LogP contribution in [0, 0.1) is 0 Å². The minimum atomic E-state index is -1.38. The highest BCUT2D eigenvalue weighted by atomic mass is 35.5. The van der Waals surface area contributed by atoms with E-state index in [2.05, 4.69) is 5.32 Å². The van der Waals surface area contributed by atoms with Gasteiger partial charge in [-0.1, -0.05) is 11.6 Å². The summed E-state index contributed by atoms with van der Waals surface area (Å²) >= 11 is 6.08. The molecule has 1 aliphatic heterocycles. The molecule has 0 bridgehead atoms. The summed E-state index contributed by atoms with van der Waals surface area (Å²) in [6.07, 6.45) is -3.49. The third-order valence-electron chi connectivity index (χ3n) is 3.10. The number of carbonyl (C=O) groups is 3. The molecule has 1 aromatic rings. The lowest BCUT2D eigenvalue weighted by molar-refractivity contribution is -0.144. The first-order chi connectivity index (χ1) is 11.5. The molecule has 1 heterocycles. The van der Waals surface area contributed by atoms with Gasteiger partial charge in [-0.2, -0.15) is 0 Å². The third-order valence-corrected chi connectivity index (χ3v) is 3.41. The number of hydrogen-bond donors (Lipinski definition) is 3. The molecule has 10 heteroatoms. The largest absolute Gasteiger partial charge is 0.478 e. The fourth-order valence-corrected chi connectivity index (χ4v) is 2.33. The van der Waals surface area contributed by atoms with Crippen LogP contribution in [0.15, 0.2) is 12.1 Å². The lowest BCUT2D eigenvalue weighted by atomic mass is 10.1. The van der Waals surface area contributed by atoms with Crippen molar-refractivity contribution in [1.29, 1.82) is 0 Å². The zero-order valence-electron chi connectivity index (χ0n) is 13.7. The average molecular weight is 373 g/mol. The van der Waals surface area contributed by atoms with Gasteiger partial charge in [0, 0.05) is 6.07 Å². The highest BCUT2D eigenvalue weighted by Crippen LogP contribution is 2.40. The molecule has 1 unspecified atom stereocenters. The number of amides is 2. The monoisotopic (exact) mass is 372 g/mol. The maximum Gasteiger partial charge on any atom is 0.412 e. The molecule has 0 saturated carbocycles. The van der Waals surface area contributed by atoms with Crippen molar-refractivity contribution < 1.29 is 34.1 Å². The Labute approximate surface area is 148 Å². The molecule has 2 amide bonds. The van der Waals surface area contributed by atoms with Gasteiger partial charge in [-0.05, 0) is 26.8 Å². The van der Waals surface area contributed by atoms with Crippen LogP contribution in [0.2, 0.25) is 5.02 Å². The van der Waals surface area contributed by atoms with Gasteiger partial charge in [0.1, 0.15) is 11.4 Å². The van der Waals surface area contributed by atoms with Crippen molar-refractivity contribution in [2.45, 2.75) is 32.5 Å². The molecule has 0 fully saturated rings. The van der Waals surface area contributed by atoms with Gasteiger partial charge >= 0.3 is 18.2 Å². The maximum atomic E-state index is 11.9. The van der Waals surface area contributed by atoms with Crippen LogP contribution in [0.3, 0.4) is 0 Å². The number of benzene rings is 1. The van der Waals surface area contributed by atoms with E-state index in [1.54, 1.807) is 20.8 Å². The molecule has 9 nitrogen and oxygen atoms in total. The number of hydrogen-bond acceptors (Lipinski definition) is 5. The van der Waals surface area contributed by atoms with Gasteiger partial charge in [0.2, 0.25) is 6.10 Å². The number of carboxylic acids is 1. The van der Waals surface area contributed by atoms with E-state index in [0.717, 1.165) is 4.90 Å². The van der Waals surface area contributed by atoms with Crippen molar-refractivity contribution in [3.8, 4) is 5.75 Å². The first-order valence-electron chi connectivity index (χ1n) is 7.21. The quantitative estimate of drug-likeness (QED) is 0.728. The Bertz CT molecular complexity index is 729. The van der Waals surface area contributed by atoms with Crippen LogP contribution in [0.1, 0.15) is 20.8 Å². The Balaban J connectivity index is 2.35. The van der Waals surface area contributed by atoms with Crippen molar-refractivity contribution in [1.82, 2.24) is 0 Å². The summed E-state index contributed by atoms with van der Waals surface area (Å²) in [5.41, 5.74) is -0.536. The standard InChI is InChI=1S/C15H17ClN2O7/c1-15(2,3)25-13(21)17-8-5-10-9(4-7(8)16)18(14(22)23)6-11(24-10)12(19)20/h4-5,11H,6H2,1-3H3,(H,17,21)(H,19,20)(H,22,23). The second-order valence-corrected chi connectivity index (χ2v) is 6.67. The van der Waals surface area contributed by atoms with Crippen molar-refractivity contribution in [2.24, 2.45) is 0 Å². The number of nitrogens with one attached hydrogen (secondary N) is 1. The minimum Gasteiger partial charge on any atom is -0.478 e. The zero-order valence-corrected chi connectivity index (χ0v) is 14.5. The van der Waals surface area contributed by atoms with Gasteiger partial charge in [0.15, 0.2) is 0 Å². The van der Waals surface area contributed by atoms with E-state index in [1.807, 2.05) is 0 Å². The Hall–Kier alpha value is -2.68. The average Bonchev–Trinajstić information content (AvgIpc) is 2.44. The van der Waals surface area contributed by atoms with E-state index in [1.165, 1.54) is 12.1 Å². The second kappa shape index (κ2) is 6.67. The summed E-state index contributed by atoms with van der Waals surface area (Å²) in [5, 5.41) is 20.8. The van der Waals surface area contributed by atoms with E-state index in [0.29, 0.717) is 0 Å². The zero-order chi connectivity index (χ0) is 18.9. The Morgan fingerprint density at radius 3 is 2.48 bits per heavy atom. The van der Waals surface area contributed by atoms with E-state index in [-0.39, 0.29) is 28.7 Å². The number of rotatable bonds is 2. The smallest absolute Gasteiger partial charge is 0.412 e. The van der Waals surface area contributed by atoms with E-state index < -0.39 is 29.9 Å². The van der Waals surface area contributed by atoms with Crippen LogP contribution < -0.4 is 15.0 Å². The molecule has 0 spiro atoms. The number of carbonyl (C=O) groups excluding carboxylic acids is 1. The predicted molar refractivity (Wildman–Crippen MR) is 88.7 cm³/mol. The van der Waals surface area contributed by atoms with Gasteiger partial charge < -0.3 is 19.7 Å². The minimum absolute atomic E-state index is 0.0310. The summed E-state index contributed by atoms with van der Waals surface area (Å²) < 4.78 is 10.4. The summed E-state index contributed by atoms with van der Waals surface area (Å²) in [5.74, 6) is -1.34. The summed E-state index contributed by atoms with van der Waals surface area (Å²) in [6, 6.07) is 2.53. The first-order valence-corrected chi connectivity index (χ1v) is 7.59. The normalized spacial score (nSPS) is 16.5. The fourth-order valence-electron chi connectivity index (χ4n) is 2.12. The molecule has 0 radical (unpaired) electrons. The van der Waals surface area contributed by atoms with Crippen LogP contribution in [-0.2, 0) is 9.53 Å². The lowest BCUT2D eigenvalue weighted by Gasteiger charge is -2.31. The highest BCUT2D eigenvalue weighted by molar-refractivity contribution is 6.34. The molecule has 1 atom stereocenters. The number of fused-ring (bicyclic) bond motifs is 1. The molecule has 1 aliphatic rings. The molecular weight excluding hydrogens is 356 g/mol. The van der Waals surface area contributed by atoms with Gasteiger partial charge in [-0.15, -0.1) is 0 Å². The fraction of sp³-hybridized carbons (Fsp3) is 0.400. The van der Waals surface area contributed by atoms with Crippen molar-refractivity contribution in [2.75, 3.05) is 16.8 Å². The van der Waals surface area contributed by atoms with E-state index in [4.69, 9.17) is 26.2 Å². The van der Waals surface area contributed by atoms with Crippen LogP contribution in [-0.4, -0.2) is 46.6 Å². The number of carboxylic acid groups (broad SMARTS) is 2. The molecule has 0 aromatic heterocycles. The number of aliphatic carboxylic acids is 1. The van der Waals surface area contributed by atoms with Crippen LogP contribution in [0.25, 0.3) is 0 Å². The maximum absolute atomic E-state index is 11.9. The Kier molecular flexibility index (Phi) is 4.98. The first kappa shape index (κ1) is 18.7. The van der Waals surface area contributed by atoms with Crippen LogP contribution in [0.4, 0.5) is 21.0 Å². The molecule has 25 heavy (non-hydrogen) atoms. The number of anilines is 2. The number of halogens is 1. The van der Waals surface area contributed by atoms with Crippen molar-refractivity contribution >= 4 is 41.1 Å². The molecule has 0 aliphatic carbocycles. The molecule has 3 N–H and O–H groups in total. The van der Waals surface area contributed by atoms with Crippen LogP contribution >= 0.6 is 11.6 Å². The van der Waals surface area contributed by atoms with Crippen molar-refractivity contribution in [3.05, 3.63) is 17.2 Å². The van der Waals surface area contributed by atoms with Gasteiger partial charge in [0.25, 0.3) is 0 Å². The Morgan fingerprint density at radius 2 is 1.96 bits per heavy atom. The molecular formula is C15H17ClN2O7. The lowest BCUT2D eigenvalue weighted by Crippen LogP contribution is -2.46. The van der Waals surface area contributed by atoms with Gasteiger partial charge in [-0.3, -0.25) is 10.2 Å². The SMILES string of the molecule is CC(C)(C)OC(=O)Nc1cc2c(cc1Cl)N(C(=O)O)CC(C(=O)O)O2. The summed E-state index contributed by atoms with van der Waals surface area (Å²) in [4.78, 5) is 35.2. The third kappa shape index (κ3) is 4.44. The molecule has 136 valence electrons.